The van der Waals surface area contributed by atoms with Crippen molar-refractivity contribution in [3.63, 3.8) is 0 Å². The minimum atomic E-state index is -0.386. The first-order valence-corrected chi connectivity index (χ1v) is 5.77. The highest BCUT2D eigenvalue weighted by atomic mass is 17.2. The number of rotatable bonds is 9. The molecule has 0 N–H and O–H groups in total. The quantitative estimate of drug-likeness (QED) is 0.269. The average molecular weight is 245 g/mol. The smallest absolute Gasteiger partial charge is 0.328 e. The van der Waals surface area contributed by atoms with Gasteiger partial charge < -0.3 is 9.64 Å². The molecule has 1 atom stereocenters. The van der Waals surface area contributed by atoms with Gasteiger partial charge in [-0.15, -0.1) is 0 Å². The number of ether oxygens (including phenoxy) is 1. The molecule has 0 bridgehead atoms. The van der Waals surface area contributed by atoms with E-state index in [4.69, 9.17) is 9.62 Å². The second-order valence-corrected chi connectivity index (χ2v) is 4.01. The molecule has 0 spiro atoms. The minimum absolute atomic E-state index is 0.149. The second kappa shape index (κ2) is 9.01. The number of carbonyl (C=O) groups excluding carboxylic acids is 1. The summed E-state index contributed by atoms with van der Waals surface area (Å²) in [5.74, 6) is 0.107. The topological polar surface area (TPSA) is 48.0 Å². The van der Waals surface area contributed by atoms with Gasteiger partial charge in [0.15, 0.2) is 6.73 Å². The third-order valence-corrected chi connectivity index (χ3v) is 2.21. The predicted octanol–water partition coefficient (Wildman–Crippen LogP) is 1.95. The zero-order chi connectivity index (χ0) is 13.3. The Morgan fingerprint density at radius 1 is 1.47 bits per heavy atom. The summed E-state index contributed by atoms with van der Waals surface area (Å²) in [5.41, 5.74) is 0. The van der Waals surface area contributed by atoms with E-state index in [0.717, 1.165) is 0 Å². The van der Waals surface area contributed by atoms with Crippen LogP contribution in [0, 0.1) is 5.92 Å². The molecule has 0 aromatic heterocycles. The van der Waals surface area contributed by atoms with Crippen molar-refractivity contribution in [2.24, 2.45) is 5.92 Å². The Kier molecular flexibility index (Phi) is 8.44. The summed E-state index contributed by atoms with van der Waals surface area (Å²) in [6.07, 6.45) is 2.24. The highest BCUT2D eigenvalue weighted by Crippen LogP contribution is 2.14. The fraction of sp³-hybridized carbons (Fsp3) is 0.750. The van der Waals surface area contributed by atoms with Gasteiger partial charge in [-0.25, -0.2) is 14.6 Å². The summed E-state index contributed by atoms with van der Waals surface area (Å²) in [7, 11) is 1.42. The van der Waals surface area contributed by atoms with Gasteiger partial charge in [-0.05, 0) is 25.5 Å². The van der Waals surface area contributed by atoms with Crippen LogP contribution in [0.25, 0.3) is 0 Å². The van der Waals surface area contributed by atoms with Gasteiger partial charge in [-0.2, -0.15) is 0 Å². The molecular formula is C12H23NO4. The Balaban J connectivity index is 4.60. The van der Waals surface area contributed by atoms with E-state index in [1.807, 2.05) is 13.8 Å². The lowest BCUT2D eigenvalue weighted by molar-refractivity contribution is -0.294. The summed E-state index contributed by atoms with van der Waals surface area (Å²) in [6, 6.07) is -0.386. The largest absolute Gasteiger partial charge is 0.464 e. The molecule has 0 aromatic carbocycles. The van der Waals surface area contributed by atoms with E-state index in [9.17, 15) is 4.79 Å². The van der Waals surface area contributed by atoms with Crippen molar-refractivity contribution in [3.8, 4) is 0 Å². The van der Waals surface area contributed by atoms with Crippen molar-refractivity contribution >= 4 is 5.97 Å². The molecule has 0 saturated carbocycles. The maximum absolute atomic E-state index is 11.8. The van der Waals surface area contributed by atoms with E-state index in [1.54, 1.807) is 18.0 Å². The van der Waals surface area contributed by atoms with Crippen LogP contribution >= 0.6 is 0 Å². The van der Waals surface area contributed by atoms with E-state index in [1.165, 1.54) is 7.11 Å². The summed E-state index contributed by atoms with van der Waals surface area (Å²) < 4.78 is 5.04. The van der Waals surface area contributed by atoms with Crippen molar-refractivity contribution in [2.75, 3.05) is 20.4 Å². The van der Waals surface area contributed by atoms with Gasteiger partial charge in [0.05, 0.1) is 13.7 Å². The molecule has 17 heavy (non-hydrogen) atoms. The molecule has 0 heterocycles. The first-order chi connectivity index (χ1) is 8.06. The zero-order valence-corrected chi connectivity index (χ0v) is 11.1. The van der Waals surface area contributed by atoms with Gasteiger partial charge in [0.1, 0.15) is 6.04 Å². The molecule has 100 valence electrons. The van der Waals surface area contributed by atoms with E-state index < -0.39 is 0 Å². The molecule has 1 unspecified atom stereocenters. The highest BCUT2D eigenvalue weighted by Gasteiger charge is 2.26. The van der Waals surface area contributed by atoms with Gasteiger partial charge in [0.25, 0.3) is 0 Å². The molecule has 0 aliphatic carbocycles. The van der Waals surface area contributed by atoms with Crippen LogP contribution in [0.3, 0.4) is 0 Å². The SMILES string of the molecule is C=CN(COOC)C(CC(C)C)C(=O)OCC. The molecule has 0 aliphatic rings. The van der Waals surface area contributed by atoms with Crippen LogP contribution in [0.4, 0.5) is 0 Å². The van der Waals surface area contributed by atoms with Gasteiger partial charge >= 0.3 is 5.97 Å². The Hall–Kier alpha value is -1.07. The summed E-state index contributed by atoms with van der Waals surface area (Å²) >= 11 is 0. The predicted molar refractivity (Wildman–Crippen MR) is 64.9 cm³/mol. The number of carbonyl (C=O) groups is 1. The maximum Gasteiger partial charge on any atom is 0.328 e. The number of nitrogens with zero attached hydrogens (tertiary/aromatic N) is 1. The van der Waals surface area contributed by atoms with E-state index in [-0.39, 0.29) is 18.7 Å². The van der Waals surface area contributed by atoms with Gasteiger partial charge in [-0.1, -0.05) is 20.4 Å². The number of hydrogen-bond donors (Lipinski definition) is 0. The molecule has 0 rings (SSSR count). The molecule has 0 radical (unpaired) electrons. The Morgan fingerprint density at radius 3 is 2.53 bits per heavy atom. The lowest BCUT2D eigenvalue weighted by Gasteiger charge is -2.28. The third-order valence-electron chi connectivity index (χ3n) is 2.21. The summed E-state index contributed by atoms with van der Waals surface area (Å²) in [5, 5.41) is 0. The van der Waals surface area contributed by atoms with Crippen LogP contribution in [0.2, 0.25) is 0 Å². The maximum atomic E-state index is 11.8. The van der Waals surface area contributed by atoms with Crippen LogP contribution in [-0.4, -0.2) is 37.4 Å². The lowest BCUT2D eigenvalue weighted by atomic mass is 10.0. The Morgan fingerprint density at radius 2 is 2.12 bits per heavy atom. The first kappa shape index (κ1) is 15.9. The van der Waals surface area contributed by atoms with Crippen LogP contribution in [0.5, 0.6) is 0 Å². The minimum Gasteiger partial charge on any atom is -0.464 e. The van der Waals surface area contributed by atoms with Crippen LogP contribution in [-0.2, 0) is 19.3 Å². The average Bonchev–Trinajstić information content (AvgIpc) is 2.28. The van der Waals surface area contributed by atoms with Crippen LogP contribution in [0.15, 0.2) is 12.8 Å². The van der Waals surface area contributed by atoms with Crippen molar-refractivity contribution in [3.05, 3.63) is 12.8 Å². The lowest BCUT2D eigenvalue weighted by Crippen LogP contribution is -2.41. The van der Waals surface area contributed by atoms with Crippen LogP contribution < -0.4 is 0 Å². The van der Waals surface area contributed by atoms with Crippen LogP contribution in [0.1, 0.15) is 27.2 Å². The summed E-state index contributed by atoms with van der Waals surface area (Å²) in [6.45, 7) is 10.1. The second-order valence-electron chi connectivity index (χ2n) is 4.01. The standard InChI is InChI=1S/C12H23NO4/c1-6-13(9-17-15-5)11(8-10(3)4)12(14)16-7-2/h6,10-11H,1,7-9H2,2-5H3. The van der Waals surface area contributed by atoms with Crippen molar-refractivity contribution in [2.45, 2.75) is 33.2 Å². The third kappa shape index (κ3) is 6.28. The summed E-state index contributed by atoms with van der Waals surface area (Å²) in [4.78, 5) is 22.9. The van der Waals surface area contributed by atoms with Gasteiger partial charge in [0, 0.05) is 0 Å². The molecule has 0 amide bonds. The monoisotopic (exact) mass is 245 g/mol. The van der Waals surface area contributed by atoms with E-state index >= 15 is 0 Å². The molecule has 0 aromatic rings. The molecule has 5 heteroatoms. The van der Waals surface area contributed by atoms with E-state index in [0.29, 0.717) is 18.9 Å². The van der Waals surface area contributed by atoms with Gasteiger partial charge in [0.2, 0.25) is 0 Å². The molecular weight excluding hydrogens is 222 g/mol. The highest BCUT2D eigenvalue weighted by molar-refractivity contribution is 5.75. The van der Waals surface area contributed by atoms with Gasteiger partial charge in [-0.3, -0.25) is 0 Å². The van der Waals surface area contributed by atoms with E-state index in [2.05, 4.69) is 11.5 Å². The van der Waals surface area contributed by atoms with Crippen molar-refractivity contribution in [1.82, 2.24) is 4.90 Å². The number of hydrogen-bond acceptors (Lipinski definition) is 5. The van der Waals surface area contributed by atoms with Crippen molar-refractivity contribution in [1.29, 1.82) is 0 Å². The molecule has 5 nitrogen and oxygen atoms in total. The first-order valence-electron chi connectivity index (χ1n) is 5.77. The Labute approximate surface area is 103 Å². The zero-order valence-electron chi connectivity index (χ0n) is 11.1. The fourth-order valence-corrected chi connectivity index (χ4v) is 1.44. The number of esters is 1. The Bertz CT molecular complexity index is 231. The van der Waals surface area contributed by atoms with Crippen molar-refractivity contribution < 1.29 is 19.3 Å². The normalized spacial score (nSPS) is 12.3. The molecule has 0 aliphatic heterocycles. The fourth-order valence-electron chi connectivity index (χ4n) is 1.44. The molecule has 0 saturated heterocycles. The molecule has 0 fully saturated rings.